The normalized spacial score (nSPS) is 10.2. The molecular formula is C22H23N3O3. The second-order valence-corrected chi connectivity index (χ2v) is 6.11. The summed E-state index contributed by atoms with van der Waals surface area (Å²) in [6.07, 6.45) is 2.58. The molecule has 1 heterocycles. The molecule has 1 amide bonds. The number of pyridine rings is 1. The SMILES string of the molecule is COc1ccc(CCNc2ccc(NC(=O)COc3ccccc3)nc2)cc1. The van der Waals surface area contributed by atoms with Crippen LogP contribution in [-0.4, -0.2) is 31.2 Å². The fourth-order valence-electron chi connectivity index (χ4n) is 2.56. The van der Waals surface area contributed by atoms with Crippen LogP contribution in [0.5, 0.6) is 11.5 Å². The molecule has 0 aliphatic rings. The highest BCUT2D eigenvalue weighted by molar-refractivity contribution is 5.91. The summed E-state index contributed by atoms with van der Waals surface area (Å²) < 4.78 is 10.6. The summed E-state index contributed by atoms with van der Waals surface area (Å²) in [7, 11) is 1.66. The molecule has 0 radical (unpaired) electrons. The highest BCUT2D eigenvalue weighted by atomic mass is 16.5. The first-order valence-corrected chi connectivity index (χ1v) is 9.03. The second-order valence-electron chi connectivity index (χ2n) is 6.11. The average molecular weight is 377 g/mol. The molecule has 0 atom stereocenters. The summed E-state index contributed by atoms with van der Waals surface area (Å²) in [5, 5.41) is 6.04. The van der Waals surface area contributed by atoms with Crippen molar-refractivity contribution in [2.45, 2.75) is 6.42 Å². The third kappa shape index (κ3) is 6.02. The molecule has 144 valence electrons. The number of aromatic nitrogens is 1. The van der Waals surface area contributed by atoms with Crippen LogP contribution in [0, 0.1) is 0 Å². The highest BCUT2D eigenvalue weighted by Crippen LogP contribution is 2.13. The third-order valence-corrected chi connectivity index (χ3v) is 4.05. The van der Waals surface area contributed by atoms with E-state index in [2.05, 4.69) is 27.8 Å². The van der Waals surface area contributed by atoms with Gasteiger partial charge in [0.05, 0.1) is 19.0 Å². The minimum atomic E-state index is -0.253. The van der Waals surface area contributed by atoms with Gasteiger partial charge < -0.3 is 20.1 Å². The Bertz CT molecular complexity index is 866. The van der Waals surface area contributed by atoms with E-state index in [1.54, 1.807) is 31.5 Å². The molecule has 0 aliphatic heterocycles. The van der Waals surface area contributed by atoms with Gasteiger partial charge in [0, 0.05) is 6.54 Å². The number of para-hydroxylation sites is 1. The summed E-state index contributed by atoms with van der Waals surface area (Å²) in [5.74, 6) is 1.74. The van der Waals surface area contributed by atoms with Crippen molar-refractivity contribution < 1.29 is 14.3 Å². The zero-order chi connectivity index (χ0) is 19.6. The maximum absolute atomic E-state index is 11.9. The van der Waals surface area contributed by atoms with Crippen molar-refractivity contribution in [3.8, 4) is 11.5 Å². The van der Waals surface area contributed by atoms with Crippen molar-refractivity contribution >= 4 is 17.4 Å². The summed E-state index contributed by atoms with van der Waals surface area (Å²) in [4.78, 5) is 16.2. The maximum Gasteiger partial charge on any atom is 0.263 e. The van der Waals surface area contributed by atoms with E-state index in [9.17, 15) is 4.79 Å². The van der Waals surface area contributed by atoms with E-state index in [1.165, 1.54) is 5.56 Å². The molecule has 0 saturated heterocycles. The lowest BCUT2D eigenvalue weighted by molar-refractivity contribution is -0.118. The third-order valence-electron chi connectivity index (χ3n) is 4.05. The number of ether oxygens (including phenoxy) is 2. The fraction of sp³-hybridized carbons (Fsp3) is 0.182. The topological polar surface area (TPSA) is 72.5 Å². The number of nitrogens with zero attached hydrogens (tertiary/aromatic N) is 1. The van der Waals surface area contributed by atoms with E-state index in [4.69, 9.17) is 9.47 Å². The molecule has 28 heavy (non-hydrogen) atoms. The quantitative estimate of drug-likeness (QED) is 0.594. The molecular weight excluding hydrogens is 354 g/mol. The number of nitrogens with one attached hydrogen (secondary N) is 2. The first kappa shape index (κ1) is 19.2. The number of anilines is 2. The standard InChI is InChI=1S/C22H23N3O3/c1-27-19-10-7-17(8-11-19)13-14-23-18-9-12-21(24-15-18)25-22(26)16-28-20-5-3-2-4-6-20/h2-12,15,23H,13-14,16H2,1H3,(H,24,25,26). The summed E-state index contributed by atoms with van der Waals surface area (Å²) in [6, 6.07) is 20.9. The van der Waals surface area contributed by atoms with E-state index in [0.29, 0.717) is 11.6 Å². The number of hydrogen-bond acceptors (Lipinski definition) is 5. The molecule has 2 aromatic carbocycles. The summed E-state index contributed by atoms with van der Waals surface area (Å²) >= 11 is 0. The van der Waals surface area contributed by atoms with Gasteiger partial charge in [0.15, 0.2) is 6.61 Å². The lowest BCUT2D eigenvalue weighted by atomic mass is 10.1. The number of rotatable bonds is 9. The molecule has 1 aromatic heterocycles. The van der Waals surface area contributed by atoms with Gasteiger partial charge in [-0.05, 0) is 48.4 Å². The predicted octanol–water partition coefficient (Wildman–Crippen LogP) is 3.76. The van der Waals surface area contributed by atoms with E-state index in [-0.39, 0.29) is 12.5 Å². The van der Waals surface area contributed by atoms with Gasteiger partial charge >= 0.3 is 0 Å². The molecule has 0 unspecified atom stereocenters. The second kappa shape index (κ2) is 9.97. The van der Waals surface area contributed by atoms with Gasteiger partial charge in [-0.25, -0.2) is 4.98 Å². The van der Waals surface area contributed by atoms with Crippen LogP contribution in [-0.2, 0) is 11.2 Å². The van der Waals surface area contributed by atoms with Gasteiger partial charge in [-0.3, -0.25) is 4.79 Å². The molecule has 0 bridgehead atoms. The molecule has 0 aliphatic carbocycles. The van der Waals surface area contributed by atoms with Crippen LogP contribution in [0.15, 0.2) is 72.9 Å². The number of hydrogen-bond donors (Lipinski definition) is 2. The van der Waals surface area contributed by atoms with E-state index < -0.39 is 0 Å². The van der Waals surface area contributed by atoms with Gasteiger partial charge in [-0.1, -0.05) is 30.3 Å². The van der Waals surface area contributed by atoms with Gasteiger partial charge in [0.1, 0.15) is 17.3 Å². The van der Waals surface area contributed by atoms with Crippen LogP contribution in [0.1, 0.15) is 5.56 Å². The van der Waals surface area contributed by atoms with Crippen LogP contribution in [0.2, 0.25) is 0 Å². The Kier molecular flexibility index (Phi) is 6.84. The molecule has 3 rings (SSSR count). The average Bonchev–Trinajstić information content (AvgIpc) is 2.75. The lowest BCUT2D eigenvalue weighted by Crippen LogP contribution is -2.20. The molecule has 0 fully saturated rings. The largest absolute Gasteiger partial charge is 0.497 e. The lowest BCUT2D eigenvalue weighted by Gasteiger charge is -2.09. The summed E-state index contributed by atoms with van der Waals surface area (Å²) in [5.41, 5.74) is 2.12. The van der Waals surface area contributed by atoms with Gasteiger partial charge in [-0.15, -0.1) is 0 Å². The Morgan fingerprint density at radius 2 is 1.75 bits per heavy atom. The Balaban J connectivity index is 1.40. The number of carbonyl (C=O) groups is 1. The molecule has 6 heteroatoms. The number of amides is 1. The smallest absolute Gasteiger partial charge is 0.263 e. The molecule has 0 spiro atoms. The molecule has 3 aromatic rings. The Labute approximate surface area is 164 Å². The van der Waals surface area contributed by atoms with Gasteiger partial charge in [-0.2, -0.15) is 0 Å². The first-order valence-electron chi connectivity index (χ1n) is 9.03. The Morgan fingerprint density at radius 1 is 0.964 bits per heavy atom. The zero-order valence-corrected chi connectivity index (χ0v) is 15.7. The Morgan fingerprint density at radius 3 is 2.43 bits per heavy atom. The van der Waals surface area contributed by atoms with Crippen molar-refractivity contribution in [2.75, 3.05) is 30.9 Å². The van der Waals surface area contributed by atoms with Gasteiger partial charge in [0.2, 0.25) is 0 Å². The van der Waals surface area contributed by atoms with Crippen LogP contribution in [0.3, 0.4) is 0 Å². The molecule has 2 N–H and O–H groups in total. The number of benzene rings is 2. The summed E-state index contributed by atoms with van der Waals surface area (Å²) in [6.45, 7) is 0.720. The maximum atomic E-state index is 11.9. The van der Waals surface area contributed by atoms with E-state index in [1.807, 2.05) is 36.4 Å². The minimum absolute atomic E-state index is 0.0619. The zero-order valence-electron chi connectivity index (χ0n) is 15.7. The van der Waals surface area contributed by atoms with Gasteiger partial charge in [0.25, 0.3) is 5.91 Å². The van der Waals surface area contributed by atoms with E-state index in [0.717, 1.165) is 24.4 Å². The van der Waals surface area contributed by atoms with Crippen LogP contribution in [0.25, 0.3) is 0 Å². The van der Waals surface area contributed by atoms with Crippen molar-refractivity contribution in [3.05, 3.63) is 78.5 Å². The predicted molar refractivity (Wildman–Crippen MR) is 110 cm³/mol. The minimum Gasteiger partial charge on any atom is -0.497 e. The van der Waals surface area contributed by atoms with Crippen molar-refractivity contribution in [2.24, 2.45) is 0 Å². The van der Waals surface area contributed by atoms with Crippen LogP contribution in [0.4, 0.5) is 11.5 Å². The fourth-order valence-corrected chi connectivity index (χ4v) is 2.56. The number of carbonyl (C=O) groups excluding carboxylic acids is 1. The van der Waals surface area contributed by atoms with Crippen molar-refractivity contribution in [1.82, 2.24) is 4.98 Å². The first-order chi connectivity index (χ1) is 13.7. The van der Waals surface area contributed by atoms with Crippen LogP contribution >= 0.6 is 0 Å². The Hall–Kier alpha value is -3.54. The van der Waals surface area contributed by atoms with Crippen molar-refractivity contribution in [3.63, 3.8) is 0 Å². The number of methoxy groups -OCH3 is 1. The highest BCUT2D eigenvalue weighted by Gasteiger charge is 2.05. The molecule has 6 nitrogen and oxygen atoms in total. The van der Waals surface area contributed by atoms with E-state index >= 15 is 0 Å². The monoisotopic (exact) mass is 377 g/mol. The van der Waals surface area contributed by atoms with Crippen LogP contribution < -0.4 is 20.1 Å². The van der Waals surface area contributed by atoms with Crippen molar-refractivity contribution in [1.29, 1.82) is 0 Å². The molecule has 0 saturated carbocycles.